The van der Waals surface area contributed by atoms with Crippen molar-refractivity contribution < 1.29 is 14.6 Å². The van der Waals surface area contributed by atoms with Crippen molar-refractivity contribution in [3.63, 3.8) is 0 Å². The summed E-state index contributed by atoms with van der Waals surface area (Å²) in [6.07, 6.45) is -1.20. The molecule has 1 aromatic heterocycles. The zero-order valence-electron chi connectivity index (χ0n) is 11.9. The van der Waals surface area contributed by atoms with Gasteiger partial charge in [-0.3, -0.25) is 9.13 Å². The molecular formula is C14H17BrN2O4. The number of hydrogen-bond acceptors (Lipinski definition) is 4. The van der Waals surface area contributed by atoms with Gasteiger partial charge in [0.2, 0.25) is 0 Å². The molecule has 2 unspecified atom stereocenters. The largest absolute Gasteiger partial charge is 0.386 e. The Labute approximate surface area is 130 Å². The van der Waals surface area contributed by atoms with Crippen LogP contribution in [0.5, 0.6) is 0 Å². The highest BCUT2D eigenvalue weighted by Crippen LogP contribution is 2.31. The van der Waals surface area contributed by atoms with Crippen LogP contribution in [-0.4, -0.2) is 40.2 Å². The number of aryl methyl sites for hydroxylation is 2. The van der Waals surface area contributed by atoms with Crippen LogP contribution in [0.15, 0.2) is 21.4 Å². The lowest BCUT2D eigenvalue weighted by Crippen LogP contribution is -2.34. The van der Waals surface area contributed by atoms with Gasteiger partial charge in [-0.05, 0) is 17.7 Å². The topological polar surface area (TPSA) is 65.6 Å². The van der Waals surface area contributed by atoms with E-state index in [1.54, 1.807) is 23.2 Å². The van der Waals surface area contributed by atoms with Gasteiger partial charge in [-0.1, -0.05) is 15.9 Å². The minimum Gasteiger partial charge on any atom is -0.386 e. The maximum Gasteiger partial charge on any atom is 0.328 e. The van der Waals surface area contributed by atoms with Crippen molar-refractivity contribution in [2.24, 2.45) is 14.1 Å². The molecule has 1 fully saturated rings. The normalized spacial score (nSPS) is 20.9. The Morgan fingerprint density at radius 1 is 1.29 bits per heavy atom. The first-order valence-corrected chi connectivity index (χ1v) is 7.52. The second-order valence-electron chi connectivity index (χ2n) is 5.19. The molecule has 0 bridgehead atoms. The lowest BCUT2D eigenvalue weighted by Gasteiger charge is -2.28. The molecule has 1 N–H and O–H groups in total. The van der Waals surface area contributed by atoms with Gasteiger partial charge in [0.05, 0.1) is 30.9 Å². The molecule has 7 heteroatoms. The van der Waals surface area contributed by atoms with E-state index in [1.807, 2.05) is 12.1 Å². The lowest BCUT2D eigenvalue weighted by molar-refractivity contribution is -0.133. The van der Waals surface area contributed by atoms with Crippen molar-refractivity contribution in [2.45, 2.75) is 12.2 Å². The van der Waals surface area contributed by atoms with Gasteiger partial charge in [0, 0.05) is 18.6 Å². The fraction of sp³-hybridized carbons (Fsp3) is 0.500. The molecule has 1 aliphatic rings. The summed E-state index contributed by atoms with van der Waals surface area (Å²) < 4.78 is 14.8. The quantitative estimate of drug-likeness (QED) is 0.874. The van der Waals surface area contributed by atoms with Crippen molar-refractivity contribution in [1.29, 1.82) is 0 Å². The smallest absolute Gasteiger partial charge is 0.328 e. The average Bonchev–Trinajstić information content (AvgIpc) is 2.71. The highest BCUT2D eigenvalue weighted by Gasteiger charge is 2.27. The molecular weight excluding hydrogens is 340 g/mol. The lowest BCUT2D eigenvalue weighted by atomic mass is 10.0. The molecule has 6 nitrogen and oxygen atoms in total. The highest BCUT2D eigenvalue weighted by molar-refractivity contribution is 9.10. The molecule has 0 radical (unpaired) electrons. The molecule has 0 spiro atoms. The molecule has 2 aromatic rings. The number of imidazole rings is 1. The first kappa shape index (κ1) is 14.8. The number of aliphatic hydroxyl groups excluding tert-OH is 1. The van der Waals surface area contributed by atoms with Crippen molar-refractivity contribution in [3.05, 3.63) is 32.7 Å². The molecule has 0 amide bonds. The second-order valence-corrected chi connectivity index (χ2v) is 6.05. The van der Waals surface area contributed by atoms with Crippen LogP contribution in [-0.2, 0) is 23.6 Å². The number of aliphatic hydroxyl groups is 1. The number of ether oxygens (including phenoxy) is 2. The predicted molar refractivity (Wildman–Crippen MR) is 81.4 cm³/mol. The number of nitrogens with zero attached hydrogens (tertiary/aromatic N) is 2. The van der Waals surface area contributed by atoms with Gasteiger partial charge in [0.1, 0.15) is 12.2 Å². The maximum atomic E-state index is 12.0. The number of benzene rings is 1. The molecule has 1 aliphatic heterocycles. The van der Waals surface area contributed by atoms with E-state index in [0.29, 0.717) is 25.4 Å². The highest BCUT2D eigenvalue weighted by atomic mass is 79.9. The number of hydrogen-bond donors (Lipinski definition) is 1. The summed E-state index contributed by atoms with van der Waals surface area (Å²) >= 11 is 3.47. The van der Waals surface area contributed by atoms with Crippen LogP contribution >= 0.6 is 15.9 Å². The van der Waals surface area contributed by atoms with Crippen LogP contribution in [0.4, 0.5) is 0 Å². The third kappa shape index (κ3) is 2.44. The Hall–Kier alpha value is -1.15. The molecule has 1 aromatic carbocycles. The van der Waals surface area contributed by atoms with Crippen LogP contribution in [0.2, 0.25) is 0 Å². The summed E-state index contributed by atoms with van der Waals surface area (Å²) in [6, 6.07) is 3.67. The van der Waals surface area contributed by atoms with Gasteiger partial charge < -0.3 is 14.6 Å². The Morgan fingerprint density at radius 3 is 2.57 bits per heavy atom. The molecule has 114 valence electrons. The van der Waals surface area contributed by atoms with Gasteiger partial charge in [-0.25, -0.2) is 4.79 Å². The Bertz CT molecular complexity index is 731. The summed E-state index contributed by atoms with van der Waals surface area (Å²) in [5.41, 5.74) is 2.18. The van der Waals surface area contributed by atoms with Gasteiger partial charge in [-0.2, -0.15) is 0 Å². The Morgan fingerprint density at radius 2 is 1.95 bits per heavy atom. The van der Waals surface area contributed by atoms with Gasteiger partial charge >= 0.3 is 5.69 Å². The SMILES string of the molecule is Cn1c(=O)n(C)c2cc(C(O)C3COCCO3)c(Br)cc21. The standard InChI is InChI=1S/C14H17BrN2O4/c1-16-10-5-8(13(18)12-7-20-3-4-21-12)9(15)6-11(10)17(2)14(16)19/h5-6,12-13,18H,3-4,7H2,1-2H3. The number of aromatic nitrogens is 2. The van der Waals surface area contributed by atoms with E-state index < -0.39 is 12.2 Å². The number of halogens is 1. The van der Waals surface area contributed by atoms with Gasteiger partial charge in [-0.15, -0.1) is 0 Å². The van der Waals surface area contributed by atoms with Gasteiger partial charge in [0.25, 0.3) is 0 Å². The fourth-order valence-corrected chi connectivity index (χ4v) is 3.22. The zero-order valence-corrected chi connectivity index (χ0v) is 13.5. The van der Waals surface area contributed by atoms with E-state index in [9.17, 15) is 9.90 Å². The summed E-state index contributed by atoms with van der Waals surface area (Å²) in [6.45, 7) is 1.39. The molecule has 1 saturated heterocycles. The van der Waals surface area contributed by atoms with E-state index in [-0.39, 0.29) is 5.69 Å². The molecule has 2 heterocycles. The first-order valence-electron chi connectivity index (χ1n) is 6.73. The Balaban J connectivity index is 2.08. The average molecular weight is 357 g/mol. The molecule has 3 rings (SSSR count). The third-order valence-electron chi connectivity index (χ3n) is 3.90. The summed E-state index contributed by atoms with van der Waals surface area (Å²) in [4.78, 5) is 12.0. The summed E-state index contributed by atoms with van der Waals surface area (Å²) in [7, 11) is 3.44. The second kappa shape index (κ2) is 5.57. The summed E-state index contributed by atoms with van der Waals surface area (Å²) in [5.74, 6) is 0. The van der Waals surface area contributed by atoms with Crippen LogP contribution in [0, 0.1) is 0 Å². The predicted octanol–water partition coefficient (Wildman–Crippen LogP) is 1.09. The number of fused-ring (bicyclic) bond motifs is 1. The van der Waals surface area contributed by atoms with Crippen molar-refractivity contribution in [2.75, 3.05) is 19.8 Å². The monoisotopic (exact) mass is 356 g/mol. The minimum absolute atomic E-state index is 0.0965. The van der Waals surface area contributed by atoms with Crippen LogP contribution in [0.1, 0.15) is 11.7 Å². The summed E-state index contributed by atoms with van der Waals surface area (Å²) in [5, 5.41) is 10.5. The molecule has 0 saturated carbocycles. The van der Waals surface area contributed by atoms with E-state index in [2.05, 4.69) is 15.9 Å². The van der Waals surface area contributed by atoms with E-state index in [1.165, 1.54) is 0 Å². The first-order chi connectivity index (χ1) is 10.0. The third-order valence-corrected chi connectivity index (χ3v) is 4.59. The van der Waals surface area contributed by atoms with Crippen molar-refractivity contribution in [3.8, 4) is 0 Å². The van der Waals surface area contributed by atoms with E-state index in [0.717, 1.165) is 15.5 Å². The van der Waals surface area contributed by atoms with Crippen LogP contribution < -0.4 is 5.69 Å². The molecule has 0 aliphatic carbocycles. The Kier molecular flexibility index (Phi) is 3.92. The van der Waals surface area contributed by atoms with Crippen LogP contribution in [0.25, 0.3) is 11.0 Å². The molecule has 2 atom stereocenters. The fourth-order valence-electron chi connectivity index (χ4n) is 2.65. The van der Waals surface area contributed by atoms with Gasteiger partial charge in [0.15, 0.2) is 0 Å². The zero-order chi connectivity index (χ0) is 15.1. The maximum absolute atomic E-state index is 12.0. The van der Waals surface area contributed by atoms with Crippen molar-refractivity contribution >= 4 is 27.0 Å². The van der Waals surface area contributed by atoms with Crippen LogP contribution in [0.3, 0.4) is 0 Å². The van der Waals surface area contributed by atoms with E-state index >= 15 is 0 Å². The number of rotatable bonds is 2. The minimum atomic E-state index is -0.806. The van der Waals surface area contributed by atoms with E-state index in [4.69, 9.17) is 9.47 Å². The van der Waals surface area contributed by atoms with Crippen molar-refractivity contribution in [1.82, 2.24) is 9.13 Å². The molecule has 21 heavy (non-hydrogen) atoms.